The molecular formula is C47H53N5O3. The maximum Gasteiger partial charge on any atom is 0.255 e. The second kappa shape index (κ2) is 15.2. The molecule has 0 bridgehead atoms. The van der Waals surface area contributed by atoms with Gasteiger partial charge >= 0.3 is 0 Å². The largest absolute Gasteiger partial charge is 0.508 e. The number of piperidine rings is 3. The van der Waals surface area contributed by atoms with Crippen LogP contribution in [0.15, 0.2) is 103 Å². The summed E-state index contributed by atoms with van der Waals surface area (Å²) in [5.41, 5.74) is 10.3. The first-order valence-electron chi connectivity index (χ1n) is 20.5. The molecule has 9 rings (SSSR count). The molecule has 0 spiro atoms. The molecular weight excluding hydrogens is 683 g/mol. The van der Waals surface area contributed by atoms with Gasteiger partial charge < -0.3 is 30.4 Å². The van der Waals surface area contributed by atoms with Crippen LogP contribution in [0.3, 0.4) is 0 Å². The summed E-state index contributed by atoms with van der Waals surface area (Å²) in [4.78, 5) is 32.6. The summed E-state index contributed by atoms with van der Waals surface area (Å²) in [7, 11) is 0. The van der Waals surface area contributed by atoms with E-state index in [4.69, 9.17) is 0 Å². The zero-order chi connectivity index (χ0) is 37.5. The highest BCUT2D eigenvalue weighted by atomic mass is 16.3. The van der Waals surface area contributed by atoms with Crippen molar-refractivity contribution >= 4 is 23.2 Å². The van der Waals surface area contributed by atoms with E-state index in [2.05, 4.69) is 99.8 Å². The van der Waals surface area contributed by atoms with Gasteiger partial charge in [-0.15, -0.1) is 0 Å². The van der Waals surface area contributed by atoms with E-state index in [1.165, 1.54) is 46.5 Å². The summed E-state index contributed by atoms with van der Waals surface area (Å²) in [6.45, 7) is 9.61. The number of hydrogen-bond acceptors (Lipinski definition) is 6. The van der Waals surface area contributed by atoms with Crippen molar-refractivity contribution in [3.63, 3.8) is 0 Å². The number of carbonyl (C=O) groups is 2. The number of anilines is 2. The van der Waals surface area contributed by atoms with Crippen molar-refractivity contribution in [3.05, 3.63) is 137 Å². The van der Waals surface area contributed by atoms with E-state index < -0.39 is 6.04 Å². The Kier molecular flexibility index (Phi) is 9.85. The van der Waals surface area contributed by atoms with Crippen molar-refractivity contribution in [2.24, 2.45) is 5.92 Å². The highest BCUT2D eigenvalue weighted by Crippen LogP contribution is 2.47. The van der Waals surface area contributed by atoms with E-state index >= 15 is 0 Å². The molecule has 4 aromatic rings. The molecule has 3 atom stereocenters. The van der Waals surface area contributed by atoms with Crippen molar-refractivity contribution in [1.29, 1.82) is 0 Å². The molecule has 0 radical (unpaired) electrons. The Morgan fingerprint density at radius 3 is 2.22 bits per heavy atom. The van der Waals surface area contributed by atoms with Gasteiger partial charge in [-0.25, -0.2) is 0 Å². The zero-order valence-electron chi connectivity index (χ0n) is 31.8. The number of allylic oxidation sites excluding steroid dienone is 1. The molecule has 284 valence electrons. The van der Waals surface area contributed by atoms with Gasteiger partial charge in [0.2, 0.25) is 5.91 Å². The fourth-order valence-corrected chi connectivity index (χ4v) is 10.1. The van der Waals surface area contributed by atoms with Gasteiger partial charge in [0.25, 0.3) is 5.91 Å². The van der Waals surface area contributed by atoms with Crippen molar-refractivity contribution in [1.82, 2.24) is 15.5 Å². The maximum absolute atomic E-state index is 13.2. The standard InChI is InChI=1S/C47H53N5O3/c1-31-7-18-44(46(54)49-31)52-30-36-27-39(13-16-43(36)47(52)55)51-25-21-37(22-26-51)48-29-32-19-23-50(24-20-32)38-11-8-34(9-12-38)45-41(33-5-3-2-4-6-33)15-10-35-28-40(53)14-17-42(35)45/h2-6,8-9,11-14,16-17,27-28,32,37,41,44-45,48,53H,1,7,10,15,18-26,29-30H2,(H,49,54)/t41-,44?,45+/m1/s1. The molecule has 8 nitrogen and oxygen atoms in total. The summed E-state index contributed by atoms with van der Waals surface area (Å²) in [6.07, 6.45) is 8.02. The number of nitrogens with one attached hydrogen (secondary N) is 2. The lowest BCUT2D eigenvalue weighted by molar-refractivity contribution is -0.126. The van der Waals surface area contributed by atoms with Gasteiger partial charge in [-0.1, -0.05) is 55.1 Å². The number of benzene rings is 4. The van der Waals surface area contributed by atoms with Crippen LogP contribution in [0.25, 0.3) is 0 Å². The molecule has 1 aliphatic carbocycles. The van der Waals surface area contributed by atoms with Crippen LogP contribution in [-0.2, 0) is 17.8 Å². The third-order valence-electron chi connectivity index (χ3n) is 13.2. The van der Waals surface area contributed by atoms with E-state index in [9.17, 15) is 14.7 Å². The predicted octanol–water partition coefficient (Wildman–Crippen LogP) is 7.48. The first-order valence-corrected chi connectivity index (χ1v) is 20.5. The number of phenolic OH excluding ortho intramolecular Hbond substituents is 1. The topological polar surface area (TPSA) is 88.2 Å². The van der Waals surface area contributed by atoms with Gasteiger partial charge in [0, 0.05) is 67.3 Å². The lowest BCUT2D eigenvalue weighted by Gasteiger charge is -2.37. The van der Waals surface area contributed by atoms with Crippen LogP contribution >= 0.6 is 0 Å². The quantitative estimate of drug-likeness (QED) is 0.174. The molecule has 0 saturated carbocycles. The van der Waals surface area contributed by atoms with E-state index in [1.54, 1.807) is 4.90 Å². The Labute approximate surface area is 325 Å². The minimum absolute atomic E-state index is 0.0395. The number of rotatable bonds is 8. The van der Waals surface area contributed by atoms with Gasteiger partial charge in [0.1, 0.15) is 11.8 Å². The summed E-state index contributed by atoms with van der Waals surface area (Å²) in [6, 6.07) is 32.6. The van der Waals surface area contributed by atoms with Crippen molar-refractivity contribution in [3.8, 4) is 5.75 Å². The van der Waals surface area contributed by atoms with Crippen LogP contribution in [0, 0.1) is 5.92 Å². The Balaban J connectivity index is 0.756. The molecule has 5 aliphatic rings. The number of phenols is 1. The van der Waals surface area contributed by atoms with Crippen molar-refractivity contribution in [2.45, 2.75) is 81.8 Å². The summed E-state index contributed by atoms with van der Waals surface area (Å²) in [5.74, 6) is 1.57. The number of aromatic hydroxyl groups is 1. The predicted molar refractivity (Wildman–Crippen MR) is 219 cm³/mol. The number of nitrogens with zero attached hydrogens (tertiary/aromatic N) is 3. The fourth-order valence-electron chi connectivity index (χ4n) is 10.1. The molecule has 1 unspecified atom stereocenters. The van der Waals surface area contributed by atoms with Gasteiger partial charge in [-0.2, -0.15) is 0 Å². The smallest absolute Gasteiger partial charge is 0.255 e. The third kappa shape index (κ3) is 7.25. The molecule has 55 heavy (non-hydrogen) atoms. The summed E-state index contributed by atoms with van der Waals surface area (Å²) in [5, 5.41) is 17.0. The number of aryl methyl sites for hydroxylation is 1. The first kappa shape index (κ1) is 35.6. The lowest BCUT2D eigenvalue weighted by Crippen LogP contribution is -2.49. The normalized spacial score (nSPS) is 23.5. The fraction of sp³-hybridized carbons (Fsp3) is 0.404. The van der Waals surface area contributed by atoms with Gasteiger partial charge in [0.15, 0.2) is 0 Å². The Bertz CT molecular complexity index is 2050. The molecule has 0 aromatic heterocycles. The summed E-state index contributed by atoms with van der Waals surface area (Å²) < 4.78 is 0. The van der Waals surface area contributed by atoms with Crippen LogP contribution in [0.2, 0.25) is 0 Å². The van der Waals surface area contributed by atoms with Gasteiger partial charge in [-0.3, -0.25) is 9.59 Å². The Hall–Kier alpha value is -5.08. The number of hydrogen-bond donors (Lipinski definition) is 3. The van der Waals surface area contributed by atoms with Crippen LogP contribution in [-0.4, -0.2) is 66.6 Å². The van der Waals surface area contributed by atoms with Gasteiger partial charge in [-0.05, 0) is 140 Å². The molecule has 4 aliphatic heterocycles. The summed E-state index contributed by atoms with van der Waals surface area (Å²) >= 11 is 0. The van der Waals surface area contributed by atoms with Crippen LogP contribution in [0.5, 0.6) is 5.75 Å². The number of fused-ring (bicyclic) bond motifs is 2. The zero-order valence-corrected chi connectivity index (χ0v) is 31.8. The van der Waals surface area contributed by atoms with E-state index in [-0.39, 0.29) is 17.7 Å². The SMILES string of the molecule is C=C1CCC(N2Cc3cc(N4CCC(NCC5CCN(c6ccc([C@@H]7c8ccc(O)cc8CC[C@@H]7c7ccccc7)cc6)CC5)CC4)ccc3C2=O)C(=O)N1. The second-order valence-electron chi connectivity index (χ2n) is 16.5. The van der Waals surface area contributed by atoms with Crippen molar-refractivity contribution in [2.75, 3.05) is 42.5 Å². The second-order valence-corrected chi connectivity index (χ2v) is 16.5. The highest BCUT2D eigenvalue weighted by molar-refractivity contribution is 6.01. The average Bonchev–Trinajstić information content (AvgIpc) is 3.55. The van der Waals surface area contributed by atoms with Crippen LogP contribution < -0.4 is 20.4 Å². The minimum atomic E-state index is -0.424. The first-order chi connectivity index (χ1) is 26.9. The molecule has 3 saturated heterocycles. The molecule has 4 aromatic carbocycles. The molecule has 2 amide bonds. The number of amides is 2. The molecule has 8 heteroatoms. The minimum Gasteiger partial charge on any atom is -0.508 e. The van der Waals surface area contributed by atoms with E-state index in [1.807, 2.05) is 18.2 Å². The van der Waals surface area contributed by atoms with E-state index in [0.717, 1.165) is 75.2 Å². The third-order valence-corrected chi connectivity index (χ3v) is 13.2. The maximum atomic E-state index is 13.2. The highest BCUT2D eigenvalue weighted by Gasteiger charge is 2.38. The Morgan fingerprint density at radius 2 is 1.45 bits per heavy atom. The molecule has 3 fully saturated rings. The number of carbonyl (C=O) groups excluding carboxylic acids is 2. The molecule has 4 heterocycles. The Morgan fingerprint density at radius 1 is 0.727 bits per heavy atom. The lowest BCUT2D eigenvalue weighted by atomic mass is 9.69. The monoisotopic (exact) mass is 735 g/mol. The van der Waals surface area contributed by atoms with Crippen LogP contribution in [0.1, 0.15) is 95.0 Å². The average molecular weight is 736 g/mol. The van der Waals surface area contributed by atoms with Crippen LogP contribution in [0.4, 0.5) is 11.4 Å². The van der Waals surface area contributed by atoms with Gasteiger partial charge in [0.05, 0.1) is 0 Å². The van der Waals surface area contributed by atoms with Crippen molar-refractivity contribution < 1.29 is 14.7 Å². The van der Waals surface area contributed by atoms with E-state index in [0.29, 0.717) is 43.0 Å². The molecule has 3 N–H and O–H groups in total.